The van der Waals surface area contributed by atoms with E-state index in [9.17, 15) is 9.59 Å². The van der Waals surface area contributed by atoms with E-state index in [2.05, 4.69) is 5.10 Å². The molecule has 0 spiro atoms. The van der Waals surface area contributed by atoms with Crippen LogP contribution in [0.15, 0.2) is 47.2 Å². The molecule has 0 amide bonds. The molecule has 7 heteroatoms. The van der Waals surface area contributed by atoms with Crippen molar-refractivity contribution in [3.8, 4) is 0 Å². The van der Waals surface area contributed by atoms with Gasteiger partial charge in [-0.05, 0) is 10.8 Å². The lowest BCUT2D eigenvalue weighted by Crippen LogP contribution is -2.03. The maximum Gasteiger partial charge on any atom is 0.371 e. The van der Waals surface area contributed by atoms with Crippen molar-refractivity contribution in [1.29, 1.82) is 0 Å². The van der Waals surface area contributed by atoms with Crippen LogP contribution in [0.3, 0.4) is 0 Å². The summed E-state index contributed by atoms with van der Waals surface area (Å²) in [4.78, 5) is 22.0. The molecular weight excluding hydrogens is 256 g/mol. The third-order valence-electron chi connectivity index (χ3n) is 2.17. The average Bonchev–Trinajstić information content (AvgIpc) is 2.99. The highest BCUT2D eigenvalue weighted by Crippen LogP contribution is 2.33. The highest BCUT2D eigenvalue weighted by atomic mass is 32.2. The van der Waals surface area contributed by atoms with E-state index in [1.54, 1.807) is 4.09 Å². The fourth-order valence-corrected chi connectivity index (χ4v) is 2.65. The summed E-state index contributed by atoms with van der Waals surface area (Å²) in [6, 6.07) is 0. The van der Waals surface area contributed by atoms with E-state index >= 15 is 0 Å². The number of aliphatic hydroxyl groups is 1. The number of allylic oxidation sites excluding steroid dienone is 3. The number of carbonyl (C=O) groups is 2. The quantitative estimate of drug-likeness (QED) is 0.331. The van der Waals surface area contributed by atoms with E-state index < -0.39 is 28.6 Å². The Morgan fingerprint density at radius 1 is 1.28 bits per heavy atom. The molecule has 0 aliphatic carbocycles. The van der Waals surface area contributed by atoms with Gasteiger partial charge in [0.05, 0.1) is 11.8 Å². The van der Waals surface area contributed by atoms with Crippen molar-refractivity contribution < 1.29 is 19.8 Å². The average molecular weight is 266 g/mol. The number of carboxylic acid groups (broad SMARTS) is 1. The molecule has 94 valence electrons. The maximum absolute atomic E-state index is 11.6. The van der Waals surface area contributed by atoms with E-state index in [4.69, 9.17) is 10.2 Å². The number of carboxylic acids is 1. The van der Waals surface area contributed by atoms with E-state index in [0.29, 0.717) is 6.08 Å². The van der Waals surface area contributed by atoms with Crippen molar-refractivity contribution in [2.75, 3.05) is 0 Å². The van der Waals surface area contributed by atoms with Crippen LogP contribution in [0.25, 0.3) is 0 Å². The number of hydrogen-bond donors (Lipinski definition) is 3. The zero-order valence-corrected chi connectivity index (χ0v) is 9.99. The first kappa shape index (κ1) is 12.2. The van der Waals surface area contributed by atoms with E-state index in [-0.39, 0.29) is 5.56 Å². The molecule has 1 aliphatic rings. The van der Waals surface area contributed by atoms with Crippen LogP contribution < -0.4 is 0 Å². The SMILES string of the molecule is O=C(O)C(O)=CC(=O)c1cnn([SH]2C=CC=C2)c1. The summed E-state index contributed by atoms with van der Waals surface area (Å²) in [6.45, 7) is 0. The molecule has 18 heavy (non-hydrogen) atoms. The van der Waals surface area contributed by atoms with Gasteiger partial charge >= 0.3 is 5.97 Å². The molecule has 0 radical (unpaired) electrons. The number of nitrogens with zero attached hydrogens (tertiary/aromatic N) is 2. The molecule has 0 fully saturated rings. The van der Waals surface area contributed by atoms with Gasteiger partial charge in [0.2, 0.25) is 5.76 Å². The Balaban J connectivity index is 2.17. The number of aliphatic carboxylic acids is 1. The summed E-state index contributed by atoms with van der Waals surface area (Å²) in [5.41, 5.74) is 0.235. The van der Waals surface area contributed by atoms with Crippen molar-refractivity contribution in [2.24, 2.45) is 0 Å². The second-order valence-electron chi connectivity index (χ2n) is 3.41. The third kappa shape index (κ3) is 2.51. The summed E-state index contributed by atoms with van der Waals surface area (Å²) in [7, 11) is 0. The number of thiol groups is 1. The highest BCUT2D eigenvalue weighted by molar-refractivity contribution is 8.20. The summed E-state index contributed by atoms with van der Waals surface area (Å²) in [5, 5.41) is 25.4. The summed E-state index contributed by atoms with van der Waals surface area (Å²) >= 11 is -0.684. The number of rotatable bonds is 4. The zero-order chi connectivity index (χ0) is 13.1. The molecule has 2 rings (SSSR count). The Bertz CT molecular complexity index is 574. The standard InChI is InChI=1S/C11H10N2O4S/c14-9(5-10(15)11(16)17)8-6-12-13(7-8)18-3-1-2-4-18/h1-7,15,18H,(H,16,17). The Morgan fingerprint density at radius 3 is 2.56 bits per heavy atom. The minimum absolute atomic E-state index is 0.235. The van der Waals surface area contributed by atoms with E-state index in [0.717, 1.165) is 0 Å². The highest BCUT2D eigenvalue weighted by Gasteiger charge is 2.12. The van der Waals surface area contributed by atoms with Gasteiger partial charge in [-0.2, -0.15) is 5.10 Å². The number of aromatic nitrogens is 2. The van der Waals surface area contributed by atoms with Gasteiger partial charge in [-0.25, -0.2) is 8.88 Å². The van der Waals surface area contributed by atoms with Crippen LogP contribution in [0.4, 0.5) is 0 Å². The Labute approximate surface area is 105 Å². The first-order valence-corrected chi connectivity index (χ1v) is 6.38. The second kappa shape index (κ2) is 4.92. The summed E-state index contributed by atoms with van der Waals surface area (Å²) in [6.07, 6.45) is 7.32. The van der Waals surface area contributed by atoms with Crippen LogP contribution in [0.2, 0.25) is 0 Å². The van der Waals surface area contributed by atoms with E-state index in [1.807, 2.05) is 23.0 Å². The molecule has 2 N–H and O–H groups in total. The van der Waals surface area contributed by atoms with Crippen LogP contribution >= 0.6 is 11.1 Å². The molecule has 6 nitrogen and oxygen atoms in total. The predicted octanol–water partition coefficient (Wildman–Crippen LogP) is 1.40. The molecule has 0 unspecified atom stereocenters. The predicted molar refractivity (Wildman–Crippen MR) is 67.6 cm³/mol. The first-order chi connectivity index (χ1) is 8.58. The molecular formula is C11H10N2O4S. The van der Waals surface area contributed by atoms with Gasteiger partial charge < -0.3 is 10.2 Å². The molecule has 0 aromatic carbocycles. The maximum atomic E-state index is 11.6. The fraction of sp³-hybridized carbons (Fsp3) is 0. The minimum Gasteiger partial charge on any atom is -0.502 e. The lowest BCUT2D eigenvalue weighted by molar-refractivity contribution is -0.135. The van der Waals surface area contributed by atoms with Gasteiger partial charge in [0.1, 0.15) is 0 Å². The molecule has 0 atom stereocenters. The number of ketones is 1. The molecule has 1 aromatic rings. The molecule has 0 bridgehead atoms. The van der Waals surface area contributed by atoms with Crippen LogP contribution in [-0.4, -0.2) is 31.2 Å². The van der Waals surface area contributed by atoms with Crippen molar-refractivity contribution in [3.63, 3.8) is 0 Å². The largest absolute Gasteiger partial charge is 0.502 e. The zero-order valence-electron chi connectivity index (χ0n) is 9.09. The van der Waals surface area contributed by atoms with E-state index in [1.165, 1.54) is 12.4 Å². The van der Waals surface area contributed by atoms with Crippen molar-refractivity contribution in [3.05, 3.63) is 52.8 Å². The van der Waals surface area contributed by atoms with Crippen LogP contribution in [-0.2, 0) is 4.79 Å². The summed E-state index contributed by atoms with van der Waals surface area (Å²) < 4.78 is 1.63. The molecule has 0 saturated carbocycles. The van der Waals surface area contributed by atoms with Crippen LogP contribution in [0.1, 0.15) is 10.4 Å². The van der Waals surface area contributed by atoms with Crippen LogP contribution in [0.5, 0.6) is 0 Å². The van der Waals surface area contributed by atoms with Crippen LogP contribution in [0, 0.1) is 0 Å². The normalized spacial score (nSPS) is 16.2. The lowest BCUT2D eigenvalue weighted by atomic mass is 10.2. The Hall–Kier alpha value is -2.28. The van der Waals surface area contributed by atoms with Gasteiger partial charge in [-0.1, -0.05) is 12.2 Å². The lowest BCUT2D eigenvalue weighted by Gasteiger charge is -2.08. The van der Waals surface area contributed by atoms with Crippen molar-refractivity contribution in [1.82, 2.24) is 9.19 Å². The smallest absolute Gasteiger partial charge is 0.371 e. The monoisotopic (exact) mass is 266 g/mol. The molecule has 1 aliphatic heterocycles. The second-order valence-corrected chi connectivity index (χ2v) is 5.18. The third-order valence-corrected chi connectivity index (χ3v) is 3.81. The number of carbonyl (C=O) groups excluding carboxylic acids is 1. The number of hydrogen-bond acceptors (Lipinski definition) is 4. The minimum atomic E-state index is -1.54. The Morgan fingerprint density at radius 2 is 1.94 bits per heavy atom. The van der Waals surface area contributed by atoms with Gasteiger partial charge in [-0.3, -0.25) is 4.79 Å². The van der Waals surface area contributed by atoms with Gasteiger partial charge in [-0.15, -0.1) is 11.1 Å². The topological polar surface area (TPSA) is 92.4 Å². The van der Waals surface area contributed by atoms with Crippen molar-refractivity contribution >= 4 is 22.8 Å². The molecule has 0 saturated heterocycles. The number of aliphatic hydroxyl groups excluding tert-OH is 1. The molecule has 1 aromatic heterocycles. The molecule has 2 heterocycles. The summed E-state index contributed by atoms with van der Waals surface area (Å²) in [5.74, 6) is -3.12. The fourth-order valence-electron chi connectivity index (χ4n) is 1.30. The first-order valence-electron chi connectivity index (χ1n) is 4.94. The van der Waals surface area contributed by atoms with Gasteiger partial charge in [0.25, 0.3) is 0 Å². The van der Waals surface area contributed by atoms with Gasteiger partial charge in [0.15, 0.2) is 5.78 Å². The van der Waals surface area contributed by atoms with Crippen molar-refractivity contribution in [2.45, 2.75) is 0 Å². The Kier molecular flexibility index (Phi) is 3.33. The van der Waals surface area contributed by atoms with Gasteiger partial charge in [0, 0.05) is 12.3 Å².